The fourth-order valence-electron chi connectivity index (χ4n) is 2.55. The minimum absolute atomic E-state index is 0.0406. The topological polar surface area (TPSA) is 61.0 Å². The molecular formula is C16H19N3O. The van der Waals surface area contributed by atoms with Gasteiger partial charge in [-0.1, -0.05) is 12.1 Å². The predicted octanol–water partition coefficient (Wildman–Crippen LogP) is 2.35. The Balaban J connectivity index is 1.64. The molecule has 4 heteroatoms. The minimum atomic E-state index is -0.0406. The number of nitrogens with zero attached hydrogens (tertiary/aromatic N) is 2. The molecule has 0 radical (unpaired) electrons. The third-order valence-electron chi connectivity index (χ3n) is 3.68. The van der Waals surface area contributed by atoms with Crippen molar-refractivity contribution in [3.8, 4) is 5.75 Å². The van der Waals surface area contributed by atoms with E-state index >= 15 is 0 Å². The van der Waals surface area contributed by atoms with Crippen molar-refractivity contribution >= 4 is 0 Å². The molecule has 2 N–H and O–H groups in total. The van der Waals surface area contributed by atoms with Crippen molar-refractivity contribution < 1.29 is 4.74 Å². The quantitative estimate of drug-likeness (QED) is 0.925. The van der Waals surface area contributed by atoms with E-state index < -0.39 is 0 Å². The van der Waals surface area contributed by atoms with Gasteiger partial charge in [-0.2, -0.15) is 0 Å². The van der Waals surface area contributed by atoms with Crippen LogP contribution >= 0.6 is 0 Å². The summed E-state index contributed by atoms with van der Waals surface area (Å²) in [6.45, 7) is 2.69. The lowest BCUT2D eigenvalue weighted by molar-refractivity contribution is 0.357. The van der Waals surface area contributed by atoms with Crippen LogP contribution in [0.15, 0.2) is 30.5 Å². The van der Waals surface area contributed by atoms with Gasteiger partial charge in [-0.25, -0.2) is 9.97 Å². The van der Waals surface area contributed by atoms with E-state index in [4.69, 9.17) is 10.5 Å². The average Bonchev–Trinajstić information content (AvgIpc) is 2.92. The van der Waals surface area contributed by atoms with Gasteiger partial charge in [0.25, 0.3) is 0 Å². The van der Waals surface area contributed by atoms with E-state index in [0.29, 0.717) is 0 Å². The maximum atomic E-state index is 6.21. The van der Waals surface area contributed by atoms with E-state index in [1.807, 2.05) is 13.0 Å². The summed E-state index contributed by atoms with van der Waals surface area (Å²) in [4.78, 5) is 8.49. The molecule has 4 nitrogen and oxygen atoms in total. The molecule has 0 spiro atoms. The maximum absolute atomic E-state index is 6.21. The van der Waals surface area contributed by atoms with Crippen LogP contribution in [0.5, 0.6) is 5.75 Å². The number of hydrogen-bond donors (Lipinski definition) is 1. The normalized spacial score (nSPS) is 14.7. The summed E-state index contributed by atoms with van der Waals surface area (Å²) in [6, 6.07) is 8.29. The molecule has 2 aromatic rings. The SMILES string of the molecule is Cc1nccc(C(N)CCc2ccc3c(c2)CCO3)n1. The molecule has 0 fully saturated rings. The Morgan fingerprint density at radius 3 is 3.10 bits per heavy atom. The lowest BCUT2D eigenvalue weighted by Gasteiger charge is -2.11. The lowest BCUT2D eigenvalue weighted by atomic mass is 10.0. The molecule has 20 heavy (non-hydrogen) atoms. The Kier molecular flexibility index (Phi) is 3.65. The molecular weight excluding hydrogens is 250 g/mol. The second-order valence-electron chi connectivity index (χ2n) is 5.21. The van der Waals surface area contributed by atoms with Crippen molar-refractivity contribution in [3.05, 3.63) is 53.1 Å². The Hall–Kier alpha value is -1.94. The number of aryl methyl sites for hydroxylation is 2. The number of rotatable bonds is 4. The van der Waals surface area contributed by atoms with Crippen LogP contribution in [0.2, 0.25) is 0 Å². The van der Waals surface area contributed by atoms with E-state index in [-0.39, 0.29) is 6.04 Å². The van der Waals surface area contributed by atoms with Crippen molar-refractivity contribution in [2.45, 2.75) is 32.2 Å². The Labute approximate surface area is 119 Å². The summed E-state index contributed by atoms with van der Waals surface area (Å²) in [5.74, 6) is 1.80. The first-order valence-electron chi connectivity index (χ1n) is 7.02. The molecule has 1 aliphatic heterocycles. The summed E-state index contributed by atoms with van der Waals surface area (Å²) in [6.07, 6.45) is 4.62. The van der Waals surface area contributed by atoms with Gasteiger partial charge in [0.2, 0.25) is 0 Å². The first-order chi connectivity index (χ1) is 9.72. The fraction of sp³-hybridized carbons (Fsp3) is 0.375. The van der Waals surface area contributed by atoms with Crippen molar-refractivity contribution in [3.63, 3.8) is 0 Å². The molecule has 2 heterocycles. The Morgan fingerprint density at radius 1 is 1.35 bits per heavy atom. The molecule has 1 aromatic heterocycles. The second kappa shape index (κ2) is 5.59. The zero-order valence-corrected chi connectivity index (χ0v) is 11.7. The Bertz CT molecular complexity index is 612. The molecule has 0 bridgehead atoms. The summed E-state index contributed by atoms with van der Waals surface area (Å²) >= 11 is 0. The summed E-state index contributed by atoms with van der Waals surface area (Å²) in [5.41, 5.74) is 9.76. The number of aromatic nitrogens is 2. The smallest absolute Gasteiger partial charge is 0.125 e. The van der Waals surface area contributed by atoms with Crippen molar-refractivity contribution in [2.75, 3.05) is 6.61 Å². The van der Waals surface area contributed by atoms with Crippen LogP contribution in [0, 0.1) is 6.92 Å². The van der Waals surface area contributed by atoms with Crippen LogP contribution in [0.3, 0.4) is 0 Å². The molecule has 1 aliphatic rings. The van der Waals surface area contributed by atoms with Crippen LogP contribution < -0.4 is 10.5 Å². The van der Waals surface area contributed by atoms with E-state index in [1.165, 1.54) is 11.1 Å². The van der Waals surface area contributed by atoms with E-state index in [9.17, 15) is 0 Å². The zero-order valence-electron chi connectivity index (χ0n) is 11.7. The van der Waals surface area contributed by atoms with E-state index in [0.717, 1.165) is 43.1 Å². The van der Waals surface area contributed by atoms with Crippen LogP contribution in [0.1, 0.15) is 35.1 Å². The summed E-state index contributed by atoms with van der Waals surface area (Å²) in [7, 11) is 0. The van der Waals surface area contributed by atoms with Crippen LogP contribution in [-0.2, 0) is 12.8 Å². The van der Waals surface area contributed by atoms with Gasteiger partial charge in [0, 0.05) is 18.7 Å². The highest BCUT2D eigenvalue weighted by molar-refractivity contribution is 5.39. The monoisotopic (exact) mass is 269 g/mol. The maximum Gasteiger partial charge on any atom is 0.125 e. The Morgan fingerprint density at radius 2 is 2.25 bits per heavy atom. The van der Waals surface area contributed by atoms with Crippen LogP contribution in [0.25, 0.3) is 0 Å². The van der Waals surface area contributed by atoms with E-state index in [1.54, 1.807) is 6.20 Å². The van der Waals surface area contributed by atoms with Gasteiger partial charge in [-0.05, 0) is 43.0 Å². The summed E-state index contributed by atoms with van der Waals surface area (Å²) in [5, 5.41) is 0. The van der Waals surface area contributed by atoms with Gasteiger partial charge in [0.05, 0.1) is 12.3 Å². The highest BCUT2D eigenvalue weighted by Crippen LogP contribution is 2.27. The standard InChI is InChI=1S/C16H19N3O/c1-11-18-8-6-15(19-11)14(17)4-2-12-3-5-16-13(10-12)7-9-20-16/h3,5-6,8,10,14H,2,4,7,9,17H2,1H3. The van der Waals surface area contributed by atoms with E-state index in [2.05, 4.69) is 28.2 Å². The van der Waals surface area contributed by atoms with Crippen LogP contribution in [0.4, 0.5) is 0 Å². The second-order valence-corrected chi connectivity index (χ2v) is 5.21. The molecule has 0 saturated carbocycles. The predicted molar refractivity (Wildman–Crippen MR) is 77.7 cm³/mol. The molecule has 3 rings (SSSR count). The van der Waals surface area contributed by atoms with Gasteiger partial charge in [0.15, 0.2) is 0 Å². The highest BCUT2D eigenvalue weighted by Gasteiger charge is 2.13. The zero-order chi connectivity index (χ0) is 13.9. The molecule has 0 amide bonds. The molecule has 0 saturated heterocycles. The molecule has 1 aromatic carbocycles. The highest BCUT2D eigenvalue weighted by atomic mass is 16.5. The van der Waals surface area contributed by atoms with Gasteiger partial charge < -0.3 is 10.5 Å². The largest absolute Gasteiger partial charge is 0.493 e. The van der Waals surface area contributed by atoms with Crippen molar-refractivity contribution in [2.24, 2.45) is 5.73 Å². The first kappa shape index (κ1) is 13.1. The molecule has 1 atom stereocenters. The van der Waals surface area contributed by atoms with Crippen LogP contribution in [-0.4, -0.2) is 16.6 Å². The molecule has 1 unspecified atom stereocenters. The van der Waals surface area contributed by atoms with Crippen molar-refractivity contribution in [1.82, 2.24) is 9.97 Å². The summed E-state index contributed by atoms with van der Waals surface area (Å²) < 4.78 is 5.52. The number of fused-ring (bicyclic) bond motifs is 1. The van der Waals surface area contributed by atoms with Gasteiger partial charge in [-0.3, -0.25) is 0 Å². The van der Waals surface area contributed by atoms with Gasteiger partial charge in [-0.15, -0.1) is 0 Å². The number of hydrogen-bond acceptors (Lipinski definition) is 4. The number of benzene rings is 1. The van der Waals surface area contributed by atoms with Gasteiger partial charge in [0.1, 0.15) is 11.6 Å². The van der Waals surface area contributed by atoms with Gasteiger partial charge >= 0.3 is 0 Å². The third-order valence-corrected chi connectivity index (χ3v) is 3.68. The molecule has 0 aliphatic carbocycles. The first-order valence-corrected chi connectivity index (χ1v) is 7.02. The lowest BCUT2D eigenvalue weighted by Crippen LogP contribution is -2.13. The third kappa shape index (κ3) is 2.80. The molecule has 104 valence electrons. The fourth-order valence-corrected chi connectivity index (χ4v) is 2.55. The average molecular weight is 269 g/mol. The minimum Gasteiger partial charge on any atom is -0.493 e. The number of ether oxygens (including phenoxy) is 1. The number of nitrogens with two attached hydrogens (primary N) is 1. The van der Waals surface area contributed by atoms with Crippen molar-refractivity contribution in [1.29, 1.82) is 0 Å².